The van der Waals surface area contributed by atoms with Crippen LogP contribution in [0, 0.1) is 28.6 Å². The van der Waals surface area contributed by atoms with Crippen molar-refractivity contribution in [3.8, 4) is 0 Å². The van der Waals surface area contributed by atoms with Crippen LogP contribution < -0.4 is 5.32 Å². The second-order valence-corrected chi connectivity index (χ2v) is 13.0. The Kier molecular flexibility index (Phi) is 9.35. The van der Waals surface area contributed by atoms with Crippen LogP contribution in [-0.4, -0.2) is 36.0 Å². The van der Waals surface area contributed by atoms with Crippen molar-refractivity contribution in [2.75, 3.05) is 5.75 Å². The predicted molar refractivity (Wildman–Crippen MR) is 125 cm³/mol. The van der Waals surface area contributed by atoms with Gasteiger partial charge in [0.05, 0.1) is 11.3 Å². The summed E-state index contributed by atoms with van der Waals surface area (Å²) in [6.07, 6.45) is 6.32. The number of ketones is 1. The van der Waals surface area contributed by atoms with Crippen LogP contribution in [0.1, 0.15) is 100 Å². The highest BCUT2D eigenvalue weighted by Crippen LogP contribution is 2.50. The van der Waals surface area contributed by atoms with Gasteiger partial charge in [0.25, 0.3) is 10.1 Å². The zero-order valence-corrected chi connectivity index (χ0v) is 21.7. The summed E-state index contributed by atoms with van der Waals surface area (Å²) in [5, 5.41) is 2.84. The smallest absolute Gasteiger partial charge is 0.267 e. The van der Waals surface area contributed by atoms with Crippen molar-refractivity contribution in [3.63, 3.8) is 0 Å². The van der Waals surface area contributed by atoms with E-state index in [2.05, 4.69) is 39.9 Å². The minimum atomic E-state index is -4.21. The second kappa shape index (κ2) is 10.3. The van der Waals surface area contributed by atoms with E-state index < -0.39 is 21.4 Å². The Morgan fingerprint density at radius 2 is 1.71 bits per heavy atom. The molecule has 1 aliphatic rings. The SMILES string of the molecule is CCC(C(=O)NC(C)(C)CS(=O)(=O)O)C(C)(C)C(C)(C)CC(C)C1CCCCCC1=O. The molecular weight excluding hydrogens is 414 g/mol. The van der Waals surface area contributed by atoms with Gasteiger partial charge in [-0.05, 0) is 56.3 Å². The summed E-state index contributed by atoms with van der Waals surface area (Å²) in [5.41, 5.74) is -1.68. The van der Waals surface area contributed by atoms with Gasteiger partial charge in [-0.2, -0.15) is 8.42 Å². The van der Waals surface area contributed by atoms with Crippen molar-refractivity contribution < 1.29 is 22.6 Å². The summed E-state index contributed by atoms with van der Waals surface area (Å²) in [7, 11) is -4.21. The number of carbonyl (C=O) groups excluding carboxylic acids is 2. The molecule has 1 aliphatic carbocycles. The van der Waals surface area contributed by atoms with E-state index in [0.29, 0.717) is 18.6 Å². The monoisotopic (exact) mass is 459 g/mol. The largest absolute Gasteiger partial charge is 0.350 e. The topological polar surface area (TPSA) is 101 Å². The molecule has 0 aromatic carbocycles. The van der Waals surface area contributed by atoms with Crippen molar-refractivity contribution in [2.45, 2.75) is 106 Å². The van der Waals surface area contributed by atoms with Gasteiger partial charge in [-0.15, -0.1) is 0 Å². The van der Waals surface area contributed by atoms with Crippen LogP contribution in [0.15, 0.2) is 0 Å². The maximum atomic E-state index is 13.2. The Balaban J connectivity index is 3.01. The first-order valence-corrected chi connectivity index (χ1v) is 13.3. The fourth-order valence-electron chi connectivity index (χ4n) is 5.41. The minimum Gasteiger partial charge on any atom is -0.350 e. The van der Waals surface area contributed by atoms with Crippen LogP contribution >= 0.6 is 0 Å². The molecule has 3 atom stereocenters. The van der Waals surface area contributed by atoms with E-state index in [0.717, 1.165) is 32.1 Å². The molecule has 6 nitrogen and oxygen atoms in total. The predicted octanol–water partition coefficient (Wildman–Crippen LogP) is 5.02. The van der Waals surface area contributed by atoms with E-state index >= 15 is 0 Å². The number of hydrogen-bond acceptors (Lipinski definition) is 4. The van der Waals surface area contributed by atoms with Gasteiger partial charge in [0, 0.05) is 18.3 Å². The first-order valence-electron chi connectivity index (χ1n) is 11.7. The van der Waals surface area contributed by atoms with Gasteiger partial charge in [-0.1, -0.05) is 54.4 Å². The molecule has 31 heavy (non-hydrogen) atoms. The average Bonchev–Trinajstić information content (AvgIpc) is 2.76. The summed E-state index contributed by atoms with van der Waals surface area (Å²) < 4.78 is 31.9. The van der Waals surface area contributed by atoms with Crippen LogP contribution in [-0.2, 0) is 19.7 Å². The third-order valence-corrected chi connectivity index (χ3v) is 8.80. The Hall–Kier alpha value is -0.950. The van der Waals surface area contributed by atoms with Crippen molar-refractivity contribution in [1.82, 2.24) is 5.32 Å². The van der Waals surface area contributed by atoms with Crippen molar-refractivity contribution in [3.05, 3.63) is 0 Å². The Labute approximate surface area is 190 Å². The Morgan fingerprint density at radius 3 is 2.23 bits per heavy atom. The van der Waals surface area contributed by atoms with Gasteiger partial charge in [0.1, 0.15) is 5.78 Å². The molecule has 0 radical (unpaired) electrons. The molecule has 0 bridgehead atoms. The summed E-state index contributed by atoms with van der Waals surface area (Å²) in [5.74, 6) is -0.341. The lowest BCUT2D eigenvalue weighted by Gasteiger charge is -2.48. The molecule has 2 N–H and O–H groups in total. The van der Waals surface area contributed by atoms with Crippen LogP contribution in [0.25, 0.3) is 0 Å². The first kappa shape index (κ1) is 28.1. The lowest BCUT2D eigenvalue weighted by Crippen LogP contribution is -2.54. The molecule has 1 saturated carbocycles. The summed E-state index contributed by atoms with van der Waals surface area (Å²) >= 11 is 0. The Bertz CT molecular complexity index is 739. The van der Waals surface area contributed by atoms with Gasteiger partial charge in [-0.25, -0.2) is 0 Å². The molecule has 0 heterocycles. The van der Waals surface area contributed by atoms with Crippen LogP contribution in [0.5, 0.6) is 0 Å². The number of nitrogens with one attached hydrogen (secondary N) is 1. The average molecular weight is 460 g/mol. The molecule has 0 aliphatic heterocycles. The molecule has 182 valence electrons. The summed E-state index contributed by atoms with van der Waals surface area (Å²) in [6, 6.07) is 0. The van der Waals surface area contributed by atoms with Crippen molar-refractivity contribution in [1.29, 1.82) is 0 Å². The van der Waals surface area contributed by atoms with Crippen molar-refractivity contribution in [2.24, 2.45) is 28.6 Å². The van der Waals surface area contributed by atoms with Crippen LogP contribution in [0.3, 0.4) is 0 Å². The summed E-state index contributed by atoms with van der Waals surface area (Å²) in [4.78, 5) is 25.8. The third-order valence-electron chi connectivity index (χ3n) is 7.72. The third kappa shape index (κ3) is 7.85. The molecule has 3 unspecified atom stereocenters. The highest BCUT2D eigenvalue weighted by atomic mass is 32.2. The molecule has 1 amide bonds. The molecule has 0 aromatic heterocycles. The number of amides is 1. The zero-order chi connectivity index (χ0) is 24.3. The van der Waals surface area contributed by atoms with E-state index in [4.69, 9.17) is 0 Å². The fourth-order valence-corrected chi connectivity index (χ4v) is 6.39. The number of rotatable bonds is 10. The standard InChI is InChI=1S/C24H45NO5S/c1-9-19(21(27)25-23(5,6)16-31(28,29)30)24(7,8)22(3,4)15-17(2)18-13-11-10-12-14-20(18)26/h17-19H,9-16H2,1-8H3,(H,25,27)(H,28,29,30). The van der Waals surface area contributed by atoms with E-state index in [1.54, 1.807) is 13.8 Å². The lowest BCUT2D eigenvalue weighted by molar-refractivity contribution is -0.135. The molecular formula is C24H45NO5S. The van der Waals surface area contributed by atoms with E-state index in [9.17, 15) is 22.6 Å². The number of carbonyl (C=O) groups is 2. The fraction of sp³-hybridized carbons (Fsp3) is 0.917. The van der Waals surface area contributed by atoms with Gasteiger partial charge in [0.15, 0.2) is 0 Å². The number of Topliss-reactive ketones (excluding diaryl/α,β-unsaturated/α-hetero) is 1. The maximum absolute atomic E-state index is 13.2. The van der Waals surface area contributed by atoms with Gasteiger partial charge >= 0.3 is 0 Å². The van der Waals surface area contributed by atoms with Gasteiger partial charge < -0.3 is 5.32 Å². The minimum absolute atomic E-state index is 0.0974. The first-order chi connectivity index (χ1) is 13.9. The number of hydrogen-bond donors (Lipinski definition) is 2. The molecule has 1 rings (SSSR count). The highest BCUT2D eigenvalue weighted by molar-refractivity contribution is 7.85. The van der Waals surface area contributed by atoms with Gasteiger partial charge in [-0.3, -0.25) is 14.1 Å². The lowest BCUT2D eigenvalue weighted by atomic mass is 9.56. The molecule has 0 spiro atoms. The molecule has 7 heteroatoms. The zero-order valence-electron chi connectivity index (χ0n) is 20.9. The van der Waals surface area contributed by atoms with E-state index in [-0.39, 0.29) is 34.5 Å². The van der Waals surface area contributed by atoms with Crippen molar-refractivity contribution >= 4 is 21.8 Å². The Morgan fingerprint density at radius 1 is 1.13 bits per heavy atom. The second-order valence-electron chi connectivity index (χ2n) is 11.5. The summed E-state index contributed by atoms with van der Waals surface area (Å²) in [6.45, 7) is 15.9. The normalized spacial score (nSPS) is 21.3. The van der Waals surface area contributed by atoms with E-state index in [1.807, 2.05) is 6.92 Å². The molecule has 0 saturated heterocycles. The van der Waals surface area contributed by atoms with Gasteiger partial charge in [0.2, 0.25) is 5.91 Å². The van der Waals surface area contributed by atoms with Crippen LogP contribution in [0.2, 0.25) is 0 Å². The quantitative estimate of drug-likeness (QED) is 0.353. The van der Waals surface area contributed by atoms with Crippen LogP contribution in [0.4, 0.5) is 0 Å². The molecule has 0 aromatic rings. The maximum Gasteiger partial charge on any atom is 0.267 e. The highest BCUT2D eigenvalue weighted by Gasteiger charge is 2.47. The van der Waals surface area contributed by atoms with E-state index in [1.165, 1.54) is 0 Å². The molecule has 1 fully saturated rings.